The molecule has 1 heterocycles. The van der Waals surface area contributed by atoms with Gasteiger partial charge >= 0.3 is 0 Å². The van der Waals surface area contributed by atoms with E-state index in [1.807, 2.05) is 12.1 Å². The van der Waals surface area contributed by atoms with E-state index < -0.39 is 10.0 Å². The molecule has 0 saturated carbocycles. The second-order valence-electron chi connectivity index (χ2n) is 6.29. The Labute approximate surface area is 169 Å². The molecule has 0 aliphatic rings. The molecule has 0 fully saturated rings. The predicted molar refractivity (Wildman–Crippen MR) is 113 cm³/mol. The lowest BCUT2D eigenvalue weighted by atomic mass is 10.1. The molecular weight excluding hydrogens is 394 g/mol. The Morgan fingerprint density at radius 3 is 2.24 bits per heavy atom. The fourth-order valence-electron chi connectivity index (χ4n) is 2.78. The van der Waals surface area contributed by atoms with E-state index in [0.717, 1.165) is 5.56 Å². The standard InChI is InChI=1S/C19H23N5O4S/c1-21-29(25,26)11-13-6-4-12(5-7-13)10-22-19-23-15-9-17(28-3)16(27-2)8-14(15)18(20)24-19/h4-9,21H,10-11H2,1-3H3,(H3,20,22,23,24). The van der Waals surface area contributed by atoms with Gasteiger partial charge in [0.05, 0.1) is 25.5 Å². The Morgan fingerprint density at radius 1 is 1.00 bits per heavy atom. The van der Waals surface area contributed by atoms with Gasteiger partial charge in [-0.15, -0.1) is 0 Å². The van der Waals surface area contributed by atoms with Gasteiger partial charge in [0, 0.05) is 18.0 Å². The third-order valence-electron chi connectivity index (χ3n) is 4.37. The third-order valence-corrected chi connectivity index (χ3v) is 5.71. The first-order valence-corrected chi connectivity index (χ1v) is 10.4. The number of nitrogen functional groups attached to an aromatic ring is 1. The average molecular weight is 417 g/mol. The zero-order chi connectivity index (χ0) is 21.0. The van der Waals surface area contributed by atoms with E-state index in [2.05, 4.69) is 20.0 Å². The second kappa shape index (κ2) is 8.50. The topological polar surface area (TPSA) is 128 Å². The fourth-order valence-corrected chi connectivity index (χ4v) is 3.56. The van der Waals surface area contributed by atoms with Gasteiger partial charge in [-0.2, -0.15) is 4.98 Å². The number of rotatable bonds is 8. The number of nitrogens with two attached hydrogens (primary N) is 1. The normalized spacial score (nSPS) is 11.4. The number of ether oxygens (including phenoxy) is 2. The Balaban J connectivity index is 1.76. The number of methoxy groups -OCH3 is 2. The van der Waals surface area contributed by atoms with Crippen molar-refractivity contribution in [2.75, 3.05) is 32.3 Å². The van der Waals surface area contributed by atoms with Crippen molar-refractivity contribution in [1.29, 1.82) is 0 Å². The van der Waals surface area contributed by atoms with Crippen LogP contribution >= 0.6 is 0 Å². The Bertz CT molecular complexity index is 1120. The molecule has 4 N–H and O–H groups in total. The van der Waals surface area contributed by atoms with Crippen molar-refractivity contribution in [1.82, 2.24) is 14.7 Å². The van der Waals surface area contributed by atoms with Gasteiger partial charge in [-0.05, 0) is 24.2 Å². The van der Waals surface area contributed by atoms with Crippen LogP contribution in [0.25, 0.3) is 10.9 Å². The van der Waals surface area contributed by atoms with Crippen LogP contribution in [0.3, 0.4) is 0 Å². The molecule has 0 bridgehead atoms. The predicted octanol–water partition coefficient (Wildman–Crippen LogP) is 1.89. The van der Waals surface area contributed by atoms with Crippen molar-refractivity contribution in [3.05, 3.63) is 47.5 Å². The number of benzene rings is 2. The largest absolute Gasteiger partial charge is 0.493 e. The van der Waals surface area contributed by atoms with Crippen LogP contribution in [0.1, 0.15) is 11.1 Å². The Morgan fingerprint density at radius 2 is 1.62 bits per heavy atom. The number of nitrogens with one attached hydrogen (secondary N) is 2. The Hall–Kier alpha value is -3.11. The molecule has 29 heavy (non-hydrogen) atoms. The molecule has 0 radical (unpaired) electrons. The summed E-state index contributed by atoms with van der Waals surface area (Å²) in [5.74, 6) is 1.75. The number of sulfonamides is 1. The number of fused-ring (bicyclic) bond motifs is 1. The molecule has 9 nitrogen and oxygen atoms in total. The highest BCUT2D eigenvalue weighted by Crippen LogP contribution is 2.33. The van der Waals surface area contributed by atoms with Crippen molar-refractivity contribution in [2.45, 2.75) is 12.3 Å². The molecule has 0 saturated heterocycles. The van der Waals surface area contributed by atoms with Gasteiger partial charge in [-0.25, -0.2) is 18.1 Å². The fraction of sp³-hybridized carbons (Fsp3) is 0.263. The van der Waals surface area contributed by atoms with Crippen molar-refractivity contribution < 1.29 is 17.9 Å². The lowest BCUT2D eigenvalue weighted by Gasteiger charge is -2.12. The minimum Gasteiger partial charge on any atom is -0.493 e. The molecule has 0 unspecified atom stereocenters. The molecule has 0 aliphatic heterocycles. The lowest BCUT2D eigenvalue weighted by Crippen LogP contribution is -2.20. The van der Waals surface area contributed by atoms with Crippen LogP contribution in [-0.4, -0.2) is 39.7 Å². The van der Waals surface area contributed by atoms with Crippen molar-refractivity contribution in [2.24, 2.45) is 0 Å². The highest BCUT2D eigenvalue weighted by atomic mass is 32.2. The maximum atomic E-state index is 11.6. The SMILES string of the molecule is CNS(=O)(=O)Cc1ccc(CNc2nc(N)c3cc(OC)c(OC)cc3n2)cc1. The van der Waals surface area contributed by atoms with Crippen LogP contribution in [0.5, 0.6) is 11.5 Å². The highest BCUT2D eigenvalue weighted by molar-refractivity contribution is 7.88. The van der Waals surface area contributed by atoms with Gasteiger partial charge in [0.15, 0.2) is 11.5 Å². The molecule has 0 atom stereocenters. The smallest absolute Gasteiger partial charge is 0.225 e. The molecule has 3 rings (SSSR count). The summed E-state index contributed by atoms with van der Waals surface area (Å²) in [6.45, 7) is 0.456. The average Bonchev–Trinajstić information content (AvgIpc) is 2.72. The van der Waals surface area contributed by atoms with Crippen LogP contribution in [-0.2, 0) is 22.3 Å². The van der Waals surface area contributed by atoms with E-state index in [9.17, 15) is 8.42 Å². The van der Waals surface area contributed by atoms with E-state index in [-0.39, 0.29) is 5.75 Å². The number of anilines is 2. The second-order valence-corrected chi connectivity index (χ2v) is 8.22. The molecule has 10 heteroatoms. The molecule has 3 aromatic rings. The van der Waals surface area contributed by atoms with E-state index >= 15 is 0 Å². The third kappa shape index (κ3) is 4.84. The molecule has 0 aliphatic carbocycles. The number of aromatic nitrogens is 2. The highest BCUT2D eigenvalue weighted by Gasteiger charge is 2.12. The van der Waals surface area contributed by atoms with Crippen LogP contribution < -0.4 is 25.2 Å². The minimum absolute atomic E-state index is 0.0627. The van der Waals surface area contributed by atoms with Gasteiger partial charge in [0.1, 0.15) is 5.82 Å². The zero-order valence-corrected chi connectivity index (χ0v) is 17.2. The molecule has 0 spiro atoms. The van der Waals surface area contributed by atoms with Crippen LogP contribution in [0, 0.1) is 0 Å². The van der Waals surface area contributed by atoms with Crippen LogP contribution in [0.15, 0.2) is 36.4 Å². The van der Waals surface area contributed by atoms with E-state index in [1.165, 1.54) is 7.05 Å². The summed E-state index contributed by atoms with van der Waals surface area (Å²) >= 11 is 0. The van der Waals surface area contributed by atoms with E-state index in [0.29, 0.717) is 46.3 Å². The monoisotopic (exact) mass is 417 g/mol. The number of nitrogens with zero attached hydrogens (tertiary/aromatic N) is 2. The summed E-state index contributed by atoms with van der Waals surface area (Å²) in [4.78, 5) is 8.78. The first-order valence-electron chi connectivity index (χ1n) is 8.77. The van der Waals surface area contributed by atoms with Crippen molar-refractivity contribution in [3.8, 4) is 11.5 Å². The van der Waals surface area contributed by atoms with Crippen molar-refractivity contribution in [3.63, 3.8) is 0 Å². The van der Waals surface area contributed by atoms with E-state index in [4.69, 9.17) is 15.2 Å². The quantitative estimate of drug-likeness (QED) is 0.507. The maximum Gasteiger partial charge on any atom is 0.225 e. The lowest BCUT2D eigenvalue weighted by molar-refractivity contribution is 0.356. The van der Waals surface area contributed by atoms with Crippen LogP contribution in [0.4, 0.5) is 11.8 Å². The molecular formula is C19H23N5O4S. The molecule has 1 aromatic heterocycles. The first kappa shape index (κ1) is 20.6. The van der Waals surface area contributed by atoms with Gasteiger partial charge in [-0.3, -0.25) is 0 Å². The summed E-state index contributed by atoms with van der Waals surface area (Å²) in [6, 6.07) is 10.7. The van der Waals surface area contributed by atoms with Gasteiger partial charge in [-0.1, -0.05) is 24.3 Å². The van der Waals surface area contributed by atoms with E-state index in [1.54, 1.807) is 38.5 Å². The summed E-state index contributed by atoms with van der Waals surface area (Å²) in [5, 5.41) is 3.80. The summed E-state index contributed by atoms with van der Waals surface area (Å²) < 4.78 is 36.1. The van der Waals surface area contributed by atoms with Gasteiger partial charge < -0.3 is 20.5 Å². The van der Waals surface area contributed by atoms with Crippen LogP contribution in [0.2, 0.25) is 0 Å². The summed E-state index contributed by atoms with van der Waals surface area (Å²) in [7, 11) is 1.21. The molecule has 154 valence electrons. The van der Waals surface area contributed by atoms with Gasteiger partial charge in [0.2, 0.25) is 16.0 Å². The summed E-state index contributed by atoms with van der Waals surface area (Å²) in [5.41, 5.74) is 8.37. The van der Waals surface area contributed by atoms with Gasteiger partial charge in [0.25, 0.3) is 0 Å². The Kier molecular flexibility index (Phi) is 6.04. The molecule has 0 amide bonds. The number of hydrogen-bond donors (Lipinski definition) is 3. The number of hydrogen-bond acceptors (Lipinski definition) is 8. The van der Waals surface area contributed by atoms with Crippen molar-refractivity contribution >= 4 is 32.7 Å². The molecule has 2 aromatic carbocycles. The maximum absolute atomic E-state index is 11.6. The first-order chi connectivity index (χ1) is 13.8. The minimum atomic E-state index is -3.30. The summed E-state index contributed by atoms with van der Waals surface area (Å²) in [6.07, 6.45) is 0. The zero-order valence-electron chi connectivity index (χ0n) is 16.4.